The molecular weight excluding hydrogens is 182 g/mol. The molecule has 0 aromatic carbocycles. The number of carbonyl (C=O) groups is 2. The van der Waals surface area contributed by atoms with Crippen LogP contribution in [0.2, 0.25) is 0 Å². The van der Waals surface area contributed by atoms with Crippen molar-refractivity contribution in [3.05, 3.63) is 0 Å². The molecule has 1 heterocycles. The summed E-state index contributed by atoms with van der Waals surface area (Å²) >= 11 is 0. The monoisotopic (exact) mass is 195 g/mol. The molecule has 0 bridgehead atoms. The quantitative estimate of drug-likeness (QED) is 0.593. The van der Waals surface area contributed by atoms with Crippen LogP contribution in [0.5, 0.6) is 0 Å². The van der Waals surface area contributed by atoms with Gasteiger partial charge in [-0.05, 0) is 0 Å². The molecular formula is C9H13N3O2. The maximum Gasteiger partial charge on any atom is 0.320 e. The van der Waals surface area contributed by atoms with E-state index in [0.29, 0.717) is 13.1 Å². The number of amides is 3. The molecule has 0 radical (unpaired) electrons. The highest BCUT2D eigenvalue weighted by molar-refractivity contribution is 5.85. The molecule has 1 saturated heterocycles. The Labute approximate surface area is 83.0 Å². The van der Waals surface area contributed by atoms with E-state index in [0.717, 1.165) is 0 Å². The highest BCUT2D eigenvalue weighted by Crippen LogP contribution is 2.04. The summed E-state index contributed by atoms with van der Waals surface area (Å²) in [6, 6.07) is -0.110. The van der Waals surface area contributed by atoms with Gasteiger partial charge in [-0.2, -0.15) is 0 Å². The van der Waals surface area contributed by atoms with Crippen LogP contribution in [0.4, 0.5) is 4.79 Å². The van der Waals surface area contributed by atoms with Crippen molar-refractivity contribution in [2.75, 3.05) is 33.2 Å². The van der Waals surface area contributed by atoms with Crippen LogP contribution in [-0.2, 0) is 4.79 Å². The Bertz CT molecular complexity index is 282. The van der Waals surface area contributed by atoms with E-state index in [4.69, 9.17) is 6.42 Å². The molecule has 5 heteroatoms. The first-order valence-corrected chi connectivity index (χ1v) is 4.35. The van der Waals surface area contributed by atoms with Crippen molar-refractivity contribution in [3.8, 4) is 12.3 Å². The van der Waals surface area contributed by atoms with Crippen LogP contribution in [0.1, 0.15) is 0 Å². The van der Waals surface area contributed by atoms with Crippen LogP contribution in [0.15, 0.2) is 0 Å². The number of likely N-dealkylation sites (N-methyl/N-ethyl adjacent to an activating group) is 1. The van der Waals surface area contributed by atoms with Crippen molar-refractivity contribution in [2.45, 2.75) is 0 Å². The molecule has 1 aliphatic rings. The lowest BCUT2D eigenvalue weighted by Crippen LogP contribution is -2.39. The number of hydrogen-bond acceptors (Lipinski definition) is 2. The molecule has 1 fully saturated rings. The zero-order chi connectivity index (χ0) is 10.6. The van der Waals surface area contributed by atoms with Gasteiger partial charge in [-0.3, -0.25) is 4.79 Å². The van der Waals surface area contributed by atoms with Gasteiger partial charge in [0, 0.05) is 20.1 Å². The number of urea groups is 1. The summed E-state index contributed by atoms with van der Waals surface area (Å²) in [7, 11) is 1.71. The van der Waals surface area contributed by atoms with Crippen LogP contribution < -0.4 is 5.32 Å². The van der Waals surface area contributed by atoms with Gasteiger partial charge in [-0.1, -0.05) is 5.92 Å². The second-order valence-electron chi connectivity index (χ2n) is 3.11. The molecule has 1 rings (SSSR count). The van der Waals surface area contributed by atoms with Crippen LogP contribution in [0, 0.1) is 12.3 Å². The minimum atomic E-state index is -0.216. The Kier molecular flexibility index (Phi) is 3.35. The summed E-state index contributed by atoms with van der Waals surface area (Å²) in [6.45, 7) is 1.56. The lowest BCUT2D eigenvalue weighted by Gasteiger charge is -2.14. The minimum Gasteiger partial charge on any atom is -0.344 e. The molecule has 0 saturated carbocycles. The fourth-order valence-electron chi connectivity index (χ4n) is 1.23. The van der Waals surface area contributed by atoms with E-state index in [2.05, 4.69) is 11.2 Å². The molecule has 0 unspecified atom stereocenters. The molecule has 76 valence electrons. The number of nitrogens with zero attached hydrogens (tertiary/aromatic N) is 2. The van der Waals surface area contributed by atoms with Crippen LogP contribution >= 0.6 is 0 Å². The topological polar surface area (TPSA) is 52.7 Å². The van der Waals surface area contributed by atoms with Gasteiger partial charge >= 0.3 is 6.03 Å². The molecule has 3 amide bonds. The Morgan fingerprint density at radius 3 is 2.86 bits per heavy atom. The fraction of sp³-hybridized carbons (Fsp3) is 0.556. The standard InChI is InChI=1S/C9H13N3O2/c1-3-4-10-8(13)7-12-6-5-11(2)9(12)14/h1H,4-7H2,2H3,(H,10,13). The van der Waals surface area contributed by atoms with Gasteiger partial charge in [0.25, 0.3) is 0 Å². The number of terminal acetylenes is 1. The van der Waals surface area contributed by atoms with E-state index in [1.807, 2.05) is 0 Å². The van der Waals surface area contributed by atoms with Crippen molar-refractivity contribution in [3.63, 3.8) is 0 Å². The zero-order valence-corrected chi connectivity index (χ0v) is 8.12. The molecule has 0 aromatic heterocycles. The van der Waals surface area contributed by atoms with Gasteiger partial charge in [-0.25, -0.2) is 4.79 Å². The third kappa shape index (κ3) is 2.39. The third-order valence-electron chi connectivity index (χ3n) is 2.02. The van der Waals surface area contributed by atoms with Crippen LogP contribution in [0.3, 0.4) is 0 Å². The predicted octanol–water partition coefficient (Wildman–Crippen LogP) is -0.897. The lowest BCUT2D eigenvalue weighted by molar-refractivity contribution is -0.121. The summed E-state index contributed by atoms with van der Waals surface area (Å²) in [5, 5.41) is 2.51. The van der Waals surface area contributed by atoms with Crippen LogP contribution in [-0.4, -0.2) is 55.0 Å². The highest BCUT2D eigenvalue weighted by Gasteiger charge is 2.26. The van der Waals surface area contributed by atoms with Crippen molar-refractivity contribution in [1.29, 1.82) is 0 Å². The average Bonchev–Trinajstić information content (AvgIpc) is 2.46. The molecule has 1 N–H and O–H groups in total. The summed E-state index contributed by atoms with van der Waals surface area (Å²) in [5.74, 6) is 2.08. The van der Waals surface area contributed by atoms with E-state index in [-0.39, 0.29) is 25.0 Å². The second kappa shape index (κ2) is 4.51. The van der Waals surface area contributed by atoms with E-state index >= 15 is 0 Å². The normalized spacial score (nSPS) is 15.6. The maximum atomic E-state index is 11.3. The number of rotatable bonds is 3. The molecule has 0 aliphatic carbocycles. The van der Waals surface area contributed by atoms with Gasteiger partial charge in [0.1, 0.15) is 6.54 Å². The predicted molar refractivity (Wildman–Crippen MR) is 51.4 cm³/mol. The van der Waals surface area contributed by atoms with Gasteiger partial charge < -0.3 is 15.1 Å². The highest BCUT2D eigenvalue weighted by atomic mass is 16.2. The summed E-state index contributed by atoms with van der Waals surface area (Å²) in [6.07, 6.45) is 4.98. The Morgan fingerprint density at radius 2 is 2.36 bits per heavy atom. The van der Waals surface area contributed by atoms with E-state index in [1.54, 1.807) is 11.9 Å². The Balaban J connectivity index is 2.35. The lowest BCUT2D eigenvalue weighted by atomic mass is 10.5. The average molecular weight is 195 g/mol. The van der Waals surface area contributed by atoms with Crippen molar-refractivity contribution >= 4 is 11.9 Å². The Hall–Kier alpha value is -1.70. The smallest absolute Gasteiger partial charge is 0.320 e. The molecule has 1 aliphatic heterocycles. The van der Waals surface area contributed by atoms with Gasteiger partial charge in [0.15, 0.2) is 0 Å². The third-order valence-corrected chi connectivity index (χ3v) is 2.02. The summed E-state index contributed by atoms with van der Waals surface area (Å²) < 4.78 is 0. The van der Waals surface area contributed by atoms with Gasteiger partial charge in [0.2, 0.25) is 5.91 Å². The molecule has 0 spiro atoms. The zero-order valence-electron chi connectivity index (χ0n) is 8.12. The fourth-order valence-corrected chi connectivity index (χ4v) is 1.23. The maximum absolute atomic E-state index is 11.3. The van der Waals surface area contributed by atoms with E-state index in [9.17, 15) is 9.59 Å². The first kappa shape index (κ1) is 10.4. The summed E-state index contributed by atoms with van der Waals surface area (Å²) in [5.41, 5.74) is 0. The first-order chi connectivity index (χ1) is 6.65. The summed E-state index contributed by atoms with van der Waals surface area (Å²) in [4.78, 5) is 25.6. The van der Waals surface area contributed by atoms with Gasteiger partial charge in [0.05, 0.1) is 6.54 Å². The van der Waals surface area contributed by atoms with E-state index in [1.165, 1.54) is 4.90 Å². The first-order valence-electron chi connectivity index (χ1n) is 4.35. The Morgan fingerprint density at radius 1 is 1.64 bits per heavy atom. The van der Waals surface area contributed by atoms with E-state index < -0.39 is 0 Å². The SMILES string of the molecule is C#CCNC(=O)CN1CCN(C)C1=O. The van der Waals surface area contributed by atoms with Crippen LogP contribution in [0.25, 0.3) is 0 Å². The molecule has 5 nitrogen and oxygen atoms in total. The molecule has 14 heavy (non-hydrogen) atoms. The molecule has 0 aromatic rings. The van der Waals surface area contributed by atoms with Crippen molar-refractivity contribution in [1.82, 2.24) is 15.1 Å². The van der Waals surface area contributed by atoms with Crippen molar-refractivity contribution in [2.24, 2.45) is 0 Å². The second-order valence-corrected chi connectivity index (χ2v) is 3.11. The number of nitrogens with one attached hydrogen (secondary N) is 1. The van der Waals surface area contributed by atoms with Crippen molar-refractivity contribution < 1.29 is 9.59 Å². The minimum absolute atomic E-state index is 0.0881. The number of carbonyl (C=O) groups excluding carboxylic acids is 2. The van der Waals surface area contributed by atoms with Gasteiger partial charge in [-0.15, -0.1) is 6.42 Å². The largest absolute Gasteiger partial charge is 0.344 e. The number of hydrogen-bond donors (Lipinski definition) is 1. The molecule has 0 atom stereocenters.